The van der Waals surface area contributed by atoms with E-state index in [1.54, 1.807) is 11.6 Å². The molecule has 0 spiro atoms. The number of aliphatic carboxylic acids is 1. The Morgan fingerprint density at radius 2 is 2.50 bits per heavy atom. The standard InChI is InChI=1S/C11H13N3O3S/c1-14(5-7-3-2-4-17-7)11-13-8(6-18-11)9(12)10(15)16/h2-4,6,9H,5,12H2,1H3,(H,15,16). The van der Waals surface area contributed by atoms with E-state index >= 15 is 0 Å². The third-order valence-corrected chi connectivity index (χ3v) is 3.37. The third-order valence-electron chi connectivity index (χ3n) is 2.39. The second-order valence-electron chi connectivity index (χ2n) is 3.81. The summed E-state index contributed by atoms with van der Waals surface area (Å²) < 4.78 is 5.23. The molecule has 6 nitrogen and oxygen atoms in total. The van der Waals surface area contributed by atoms with Crippen molar-refractivity contribution in [3.63, 3.8) is 0 Å². The van der Waals surface area contributed by atoms with Gasteiger partial charge in [-0.25, -0.2) is 4.98 Å². The molecule has 2 heterocycles. The molecule has 0 saturated heterocycles. The summed E-state index contributed by atoms with van der Waals surface area (Å²) >= 11 is 1.36. The van der Waals surface area contributed by atoms with Gasteiger partial charge in [-0.3, -0.25) is 4.79 Å². The van der Waals surface area contributed by atoms with Gasteiger partial charge in [0.05, 0.1) is 18.5 Å². The number of hydrogen-bond acceptors (Lipinski definition) is 6. The molecular weight excluding hydrogens is 254 g/mol. The summed E-state index contributed by atoms with van der Waals surface area (Å²) in [6, 6.07) is 2.61. The van der Waals surface area contributed by atoms with Gasteiger partial charge < -0.3 is 20.2 Å². The maximum absolute atomic E-state index is 10.7. The first-order valence-electron chi connectivity index (χ1n) is 5.25. The number of aromatic nitrogens is 1. The van der Waals surface area contributed by atoms with Crippen molar-refractivity contribution in [2.75, 3.05) is 11.9 Å². The number of nitrogens with two attached hydrogens (primary N) is 1. The fourth-order valence-corrected chi connectivity index (χ4v) is 2.25. The van der Waals surface area contributed by atoms with Gasteiger partial charge >= 0.3 is 5.97 Å². The van der Waals surface area contributed by atoms with Crippen LogP contribution in [-0.4, -0.2) is 23.1 Å². The molecule has 96 valence electrons. The molecule has 0 aliphatic heterocycles. The molecule has 1 unspecified atom stereocenters. The number of hydrogen-bond donors (Lipinski definition) is 2. The first-order chi connectivity index (χ1) is 8.58. The van der Waals surface area contributed by atoms with Crippen molar-refractivity contribution in [1.82, 2.24) is 4.98 Å². The lowest BCUT2D eigenvalue weighted by molar-refractivity contribution is -0.138. The first kappa shape index (κ1) is 12.6. The summed E-state index contributed by atoms with van der Waals surface area (Å²) in [4.78, 5) is 16.8. The van der Waals surface area contributed by atoms with E-state index in [2.05, 4.69) is 4.98 Å². The lowest BCUT2D eigenvalue weighted by atomic mass is 10.2. The molecule has 1 atom stereocenters. The largest absolute Gasteiger partial charge is 0.480 e. The Bertz CT molecular complexity index is 523. The molecular formula is C11H13N3O3S. The molecule has 2 rings (SSSR count). The van der Waals surface area contributed by atoms with Gasteiger partial charge in [0.25, 0.3) is 0 Å². The fourth-order valence-electron chi connectivity index (χ4n) is 1.42. The van der Waals surface area contributed by atoms with Crippen LogP contribution in [0.2, 0.25) is 0 Å². The van der Waals surface area contributed by atoms with Crippen LogP contribution in [0.15, 0.2) is 28.2 Å². The minimum absolute atomic E-state index is 0.369. The van der Waals surface area contributed by atoms with Gasteiger partial charge in [-0.05, 0) is 12.1 Å². The van der Waals surface area contributed by atoms with Crippen molar-refractivity contribution in [1.29, 1.82) is 0 Å². The molecule has 0 aromatic carbocycles. The average molecular weight is 267 g/mol. The number of anilines is 1. The average Bonchev–Trinajstić information content (AvgIpc) is 2.97. The lowest BCUT2D eigenvalue weighted by Gasteiger charge is -2.13. The van der Waals surface area contributed by atoms with E-state index in [0.717, 1.165) is 5.76 Å². The van der Waals surface area contributed by atoms with Gasteiger partial charge in [0, 0.05) is 12.4 Å². The van der Waals surface area contributed by atoms with E-state index < -0.39 is 12.0 Å². The van der Waals surface area contributed by atoms with E-state index in [4.69, 9.17) is 15.3 Å². The maximum Gasteiger partial charge on any atom is 0.326 e. The van der Waals surface area contributed by atoms with Crippen molar-refractivity contribution in [3.8, 4) is 0 Å². The van der Waals surface area contributed by atoms with Crippen LogP contribution in [0.5, 0.6) is 0 Å². The Labute approximate surface area is 108 Å². The van der Waals surface area contributed by atoms with E-state index in [1.165, 1.54) is 11.3 Å². The summed E-state index contributed by atoms with van der Waals surface area (Å²) in [6.07, 6.45) is 1.61. The Kier molecular flexibility index (Phi) is 3.63. The number of carboxylic acids is 1. The second-order valence-corrected chi connectivity index (χ2v) is 4.64. The van der Waals surface area contributed by atoms with Gasteiger partial charge in [0.1, 0.15) is 11.8 Å². The predicted molar refractivity (Wildman–Crippen MR) is 67.5 cm³/mol. The fraction of sp³-hybridized carbons (Fsp3) is 0.273. The lowest BCUT2D eigenvalue weighted by Crippen LogP contribution is -2.21. The van der Waals surface area contributed by atoms with Crippen LogP contribution < -0.4 is 10.6 Å². The highest BCUT2D eigenvalue weighted by Crippen LogP contribution is 2.23. The molecule has 18 heavy (non-hydrogen) atoms. The Morgan fingerprint density at radius 3 is 3.11 bits per heavy atom. The zero-order valence-electron chi connectivity index (χ0n) is 9.74. The number of rotatable bonds is 5. The van der Waals surface area contributed by atoms with E-state index in [0.29, 0.717) is 17.4 Å². The second kappa shape index (κ2) is 5.19. The monoisotopic (exact) mass is 267 g/mol. The quantitative estimate of drug-likeness (QED) is 0.852. The first-order valence-corrected chi connectivity index (χ1v) is 6.13. The number of furan rings is 1. The highest BCUT2D eigenvalue weighted by Gasteiger charge is 2.19. The molecule has 0 aliphatic carbocycles. The van der Waals surface area contributed by atoms with Gasteiger partial charge in [0.15, 0.2) is 5.13 Å². The maximum atomic E-state index is 10.7. The minimum atomic E-state index is -1.08. The van der Waals surface area contributed by atoms with Gasteiger partial charge in [-0.1, -0.05) is 0 Å². The topological polar surface area (TPSA) is 92.6 Å². The molecule has 2 aromatic rings. The highest BCUT2D eigenvalue weighted by molar-refractivity contribution is 7.13. The summed E-state index contributed by atoms with van der Waals surface area (Å²) in [5.41, 5.74) is 5.86. The van der Waals surface area contributed by atoms with E-state index in [9.17, 15) is 4.79 Å². The smallest absolute Gasteiger partial charge is 0.326 e. The van der Waals surface area contributed by atoms with E-state index in [-0.39, 0.29) is 0 Å². The zero-order chi connectivity index (χ0) is 13.1. The van der Waals surface area contributed by atoms with Crippen LogP contribution >= 0.6 is 11.3 Å². The minimum Gasteiger partial charge on any atom is -0.480 e. The van der Waals surface area contributed by atoms with Crippen LogP contribution in [0, 0.1) is 0 Å². The third kappa shape index (κ3) is 2.69. The molecule has 0 saturated carbocycles. The Morgan fingerprint density at radius 1 is 1.72 bits per heavy atom. The van der Waals surface area contributed by atoms with Crippen LogP contribution in [-0.2, 0) is 11.3 Å². The van der Waals surface area contributed by atoms with Crippen molar-refractivity contribution in [2.45, 2.75) is 12.6 Å². The molecule has 2 aromatic heterocycles. The summed E-state index contributed by atoms with van der Waals surface area (Å²) in [7, 11) is 1.86. The molecule has 0 radical (unpaired) electrons. The summed E-state index contributed by atoms with van der Waals surface area (Å²) in [6.45, 7) is 0.572. The predicted octanol–water partition coefficient (Wildman–Crippen LogP) is 1.46. The number of carbonyl (C=O) groups is 1. The molecule has 0 fully saturated rings. The van der Waals surface area contributed by atoms with Crippen LogP contribution in [0.25, 0.3) is 0 Å². The SMILES string of the molecule is CN(Cc1ccco1)c1nc(C(N)C(=O)O)cs1. The molecule has 3 N–H and O–H groups in total. The van der Waals surface area contributed by atoms with Gasteiger partial charge in [-0.2, -0.15) is 0 Å². The normalized spacial score (nSPS) is 12.3. The van der Waals surface area contributed by atoms with Crippen LogP contribution in [0.4, 0.5) is 5.13 Å². The van der Waals surface area contributed by atoms with Crippen LogP contribution in [0.1, 0.15) is 17.5 Å². The molecule has 0 bridgehead atoms. The molecule has 0 aliphatic rings. The number of thiazole rings is 1. The van der Waals surface area contributed by atoms with Gasteiger partial charge in [0.2, 0.25) is 0 Å². The van der Waals surface area contributed by atoms with Crippen molar-refractivity contribution in [2.24, 2.45) is 5.73 Å². The van der Waals surface area contributed by atoms with Crippen molar-refractivity contribution >= 4 is 22.4 Å². The molecule has 0 amide bonds. The van der Waals surface area contributed by atoms with Gasteiger partial charge in [-0.15, -0.1) is 11.3 Å². The number of carboxylic acid groups (broad SMARTS) is 1. The van der Waals surface area contributed by atoms with Crippen LogP contribution in [0.3, 0.4) is 0 Å². The highest BCUT2D eigenvalue weighted by atomic mass is 32.1. The van der Waals surface area contributed by atoms with Crippen molar-refractivity contribution in [3.05, 3.63) is 35.2 Å². The zero-order valence-corrected chi connectivity index (χ0v) is 10.6. The summed E-state index contributed by atoms with van der Waals surface area (Å²) in [5.74, 6) is -0.266. The van der Waals surface area contributed by atoms with E-state index in [1.807, 2.05) is 24.1 Å². The van der Waals surface area contributed by atoms with Crippen molar-refractivity contribution < 1.29 is 14.3 Å². The Balaban J connectivity index is 2.07. The summed E-state index contributed by atoms with van der Waals surface area (Å²) in [5, 5.41) is 11.2. The Hall–Kier alpha value is -1.86. The molecule has 7 heteroatoms. The number of nitrogens with zero attached hydrogens (tertiary/aromatic N) is 2.